The number of hydrogen-bond acceptors (Lipinski definition) is 4. The van der Waals surface area contributed by atoms with Crippen LogP contribution in [0.3, 0.4) is 0 Å². The maximum atomic E-state index is 13.2. The molecule has 0 atom stereocenters. The van der Waals surface area contributed by atoms with Gasteiger partial charge < -0.3 is 9.42 Å². The van der Waals surface area contributed by atoms with Crippen molar-refractivity contribution in [2.24, 2.45) is 0 Å². The first-order chi connectivity index (χ1) is 13.3. The van der Waals surface area contributed by atoms with E-state index in [0.29, 0.717) is 29.8 Å². The molecule has 0 aliphatic rings. The Bertz CT molecular complexity index is 1030. The van der Waals surface area contributed by atoms with E-state index in [0.717, 1.165) is 12.0 Å². The number of pyridine rings is 1. The lowest BCUT2D eigenvalue weighted by Gasteiger charge is -2.22. The molecule has 0 unspecified atom stereocenters. The van der Waals surface area contributed by atoms with Crippen LogP contribution in [-0.4, -0.2) is 27.5 Å². The average molecular weight is 357 g/mol. The molecule has 4 rings (SSSR count). The summed E-state index contributed by atoms with van der Waals surface area (Å²) in [5, 5.41) is 4.65. The Balaban J connectivity index is 1.60. The number of aromatic nitrogens is 2. The zero-order valence-corrected chi connectivity index (χ0v) is 14.8. The summed E-state index contributed by atoms with van der Waals surface area (Å²) in [5.74, 6) is -0.151. The lowest BCUT2D eigenvalue weighted by Crippen LogP contribution is -2.32. The van der Waals surface area contributed by atoms with Crippen LogP contribution in [0, 0.1) is 0 Å². The molecule has 2 aromatic heterocycles. The molecule has 0 radical (unpaired) electrons. The van der Waals surface area contributed by atoms with E-state index in [1.807, 2.05) is 53.4 Å². The van der Waals surface area contributed by atoms with Crippen molar-refractivity contribution >= 4 is 16.9 Å². The molecule has 0 fully saturated rings. The molecular formula is C22H19N3O2. The van der Waals surface area contributed by atoms with Crippen LogP contribution in [0.5, 0.6) is 0 Å². The number of amides is 1. The van der Waals surface area contributed by atoms with Gasteiger partial charge in [0, 0.05) is 31.5 Å². The number of fused-ring (bicyclic) bond motifs is 1. The van der Waals surface area contributed by atoms with E-state index in [1.54, 1.807) is 18.5 Å². The molecule has 0 saturated carbocycles. The van der Waals surface area contributed by atoms with Crippen molar-refractivity contribution in [2.75, 3.05) is 6.54 Å². The first-order valence-electron chi connectivity index (χ1n) is 8.88. The van der Waals surface area contributed by atoms with Crippen LogP contribution in [-0.2, 0) is 13.0 Å². The first kappa shape index (κ1) is 17.0. The molecule has 1 amide bonds. The quantitative estimate of drug-likeness (QED) is 0.521. The minimum atomic E-state index is -0.151. The molecule has 27 heavy (non-hydrogen) atoms. The molecule has 0 spiro atoms. The molecule has 0 aliphatic carbocycles. The fourth-order valence-electron chi connectivity index (χ4n) is 3.05. The molecule has 134 valence electrons. The van der Waals surface area contributed by atoms with Gasteiger partial charge >= 0.3 is 0 Å². The van der Waals surface area contributed by atoms with E-state index in [2.05, 4.69) is 22.3 Å². The molecular weight excluding hydrogens is 338 g/mol. The number of rotatable bonds is 6. The van der Waals surface area contributed by atoms with E-state index in [-0.39, 0.29) is 5.91 Å². The second-order valence-corrected chi connectivity index (χ2v) is 6.35. The summed E-state index contributed by atoms with van der Waals surface area (Å²) in [6, 6.07) is 21.8. The number of hydrogen-bond donors (Lipinski definition) is 0. The first-order valence-corrected chi connectivity index (χ1v) is 8.88. The van der Waals surface area contributed by atoms with E-state index in [4.69, 9.17) is 4.52 Å². The average Bonchev–Trinajstić information content (AvgIpc) is 3.16. The number of carbonyl (C=O) groups excluding carboxylic acids is 1. The third-order valence-electron chi connectivity index (χ3n) is 4.49. The van der Waals surface area contributed by atoms with Crippen LogP contribution in [0.15, 0.2) is 83.6 Å². The maximum absolute atomic E-state index is 13.2. The van der Waals surface area contributed by atoms with E-state index in [1.165, 1.54) is 5.56 Å². The van der Waals surface area contributed by atoms with Gasteiger partial charge in [-0.1, -0.05) is 65.8 Å². The third-order valence-corrected chi connectivity index (χ3v) is 4.49. The van der Waals surface area contributed by atoms with Crippen LogP contribution < -0.4 is 0 Å². The topological polar surface area (TPSA) is 59.2 Å². The number of benzene rings is 2. The van der Waals surface area contributed by atoms with Gasteiger partial charge in [-0.15, -0.1) is 0 Å². The van der Waals surface area contributed by atoms with Crippen molar-refractivity contribution in [3.8, 4) is 0 Å². The zero-order valence-electron chi connectivity index (χ0n) is 14.8. The Morgan fingerprint density at radius 2 is 1.63 bits per heavy atom. The molecule has 2 aromatic carbocycles. The van der Waals surface area contributed by atoms with Gasteiger partial charge in [-0.3, -0.25) is 9.78 Å². The molecule has 0 N–H and O–H groups in total. The highest BCUT2D eigenvalue weighted by molar-refractivity contribution is 6.03. The van der Waals surface area contributed by atoms with Gasteiger partial charge in [-0.05, 0) is 17.5 Å². The predicted molar refractivity (Wildman–Crippen MR) is 103 cm³/mol. The Morgan fingerprint density at radius 3 is 2.37 bits per heavy atom. The van der Waals surface area contributed by atoms with Crippen LogP contribution in [0.2, 0.25) is 0 Å². The van der Waals surface area contributed by atoms with Gasteiger partial charge in [0.25, 0.3) is 5.91 Å². The lowest BCUT2D eigenvalue weighted by molar-refractivity contribution is 0.0736. The highest BCUT2D eigenvalue weighted by atomic mass is 16.5. The number of carbonyl (C=O) groups is 1. The van der Waals surface area contributed by atoms with Crippen molar-refractivity contribution in [2.45, 2.75) is 13.0 Å². The highest BCUT2D eigenvalue weighted by Crippen LogP contribution is 2.19. The second kappa shape index (κ2) is 7.83. The highest BCUT2D eigenvalue weighted by Gasteiger charge is 2.22. The van der Waals surface area contributed by atoms with Crippen molar-refractivity contribution in [3.05, 3.63) is 95.9 Å². The molecule has 0 bridgehead atoms. The summed E-state index contributed by atoms with van der Waals surface area (Å²) in [4.78, 5) is 19.1. The smallest absolute Gasteiger partial charge is 0.277 e. The molecule has 5 nitrogen and oxygen atoms in total. The fraction of sp³-hybridized carbons (Fsp3) is 0.136. The van der Waals surface area contributed by atoms with Gasteiger partial charge in [0.2, 0.25) is 0 Å². The third kappa shape index (κ3) is 3.87. The largest absolute Gasteiger partial charge is 0.355 e. The predicted octanol–water partition coefficient (Wildman–Crippen LogP) is 4.11. The van der Waals surface area contributed by atoms with Crippen LogP contribution in [0.1, 0.15) is 21.6 Å². The van der Waals surface area contributed by atoms with E-state index >= 15 is 0 Å². The molecule has 4 aromatic rings. The SMILES string of the molecule is O=C(c1noc2ccncc12)N(CCc1ccccc1)Cc1ccccc1. The second-order valence-electron chi connectivity index (χ2n) is 6.35. The summed E-state index contributed by atoms with van der Waals surface area (Å²) in [6.45, 7) is 1.10. The van der Waals surface area contributed by atoms with Gasteiger partial charge in [0.15, 0.2) is 11.3 Å². The molecule has 5 heteroatoms. The van der Waals surface area contributed by atoms with E-state index < -0.39 is 0 Å². The zero-order chi connectivity index (χ0) is 18.5. The minimum Gasteiger partial charge on any atom is -0.355 e. The Kier molecular flexibility index (Phi) is 4.92. The Labute approximate surface area is 157 Å². The normalized spacial score (nSPS) is 10.8. The van der Waals surface area contributed by atoms with Crippen LogP contribution in [0.25, 0.3) is 11.0 Å². The summed E-state index contributed by atoms with van der Waals surface area (Å²) in [5.41, 5.74) is 3.14. The van der Waals surface area contributed by atoms with Crippen molar-refractivity contribution in [3.63, 3.8) is 0 Å². The standard InChI is InChI=1S/C22H19N3O2/c26-22(21-19-15-23-13-11-20(19)27-24-21)25(16-18-9-5-2-6-10-18)14-12-17-7-3-1-4-8-17/h1-11,13,15H,12,14,16H2. The molecule has 0 aliphatic heterocycles. The fourth-order valence-corrected chi connectivity index (χ4v) is 3.05. The van der Waals surface area contributed by atoms with Gasteiger partial charge in [-0.25, -0.2) is 0 Å². The van der Waals surface area contributed by atoms with Gasteiger partial charge in [-0.2, -0.15) is 0 Å². The molecule has 0 saturated heterocycles. The Morgan fingerprint density at radius 1 is 0.926 bits per heavy atom. The lowest BCUT2D eigenvalue weighted by atomic mass is 10.1. The van der Waals surface area contributed by atoms with Gasteiger partial charge in [0.1, 0.15) is 0 Å². The van der Waals surface area contributed by atoms with Crippen LogP contribution in [0.4, 0.5) is 0 Å². The summed E-state index contributed by atoms with van der Waals surface area (Å²) in [6.07, 6.45) is 4.02. The van der Waals surface area contributed by atoms with Crippen LogP contribution >= 0.6 is 0 Å². The summed E-state index contributed by atoms with van der Waals surface area (Å²) < 4.78 is 5.30. The monoisotopic (exact) mass is 357 g/mol. The van der Waals surface area contributed by atoms with Crippen molar-refractivity contribution < 1.29 is 9.32 Å². The maximum Gasteiger partial charge on any atom is 0.277 e. The Hall–Kier alpha value is -3.47. The molecule has 2 heterocycles. The van der Waals surface area contributed by atoms with Crippen molar-refractivity contribution in [1.82, 2.24) is 15.0 Å². The summed E-state index contributed by atoms with van der Waals surface area (Å²) in [7, 11) is 0. The van der Waals surface area contributed by atoms with Crippen molar-refractivity contribution in [1.29, 1.82) is 0 Å². The van der Waals surface area contributed by atoms with E-state index in [9.17, 15) is 4.79 Å². The minimum absolute atomic E-state index is 0.151. The summed E-state index contributed by atoms with van der Waals surface area (Å²) >= 11 is 0. The number of nitrogens with zero attached hydrogens (tertiary/aromatic N) is 3. The van der Waals surface area contributed by atoms with Gasteiger partial charge in [0.05, 0.1) is 5.39 Å².